The second kappa shape index (κ2) is 8.44. The fourth-order valence-electron chi connectivity index (χ4n) is 2.25. The lowest BCUT2D eigenvalue weighted by Gasteiger charge is -2.17. The third-order valence-corrected chi connectivity index (χ3v) is 5.34. The van der Waals surface area contributed by atoms with Crippen LogP contribution in [0, 0.1) is 11.3 Å². The van der Waals surface area contributed by atoms with E-state index in [1.807, 2.05) is 6.07 Å². The average Bonchev–Trinajstić information content (AvgIpc) is 2.61. The molecule has 0 aliphatic rings. The number of likely N-dealkylation sites (N-methyl/N-ethyl adjacent to an activating group) is 1. The van der Waals surface area contributed by atoms with E-state index in [1.165, 1.54) is 44.3 Å². The van der Waals surface area contributed by atoms with Crippen molar-refractivity contribution >= 4 is 33.2 Å². The fraction of sp³-hybridized carbons (Fsp3) is 0.167. The van der Waals surface area contributed by atoms with Crippen molar-refractivity contribution < 1.29 is 18.0 Å². The molecule has 0 spiro atoms. The van der Waals surface area contributed by atoms with Gasteiger partial charge in [-0.25, -0.2) is 8.42 Å². The molecule has 0 bridgehead atoms. The van der Waals surface area contributed by atoms with Gasteiger partial charge in [0, 0.05) is 25.3 Å². The van der Waals surface area contributed by atoms with Crippen molar-refractivity contribution in [2.75, 3.05) is 24.2 Å². The molecule has 2 aromatic carbocycles. The Balaban J connectivity index is 2.06. The maximum atomic E-state index is 12.6. The van der Waals surface area contributed by atoms with Gasteiger partial charge in [0.15, 0.2) is 0 Å². The summed E-state index contributed by atoms with van der Waals surface area (Å²) >= 11 is 0. The van der Waals surface area contributed by atoms with Crippen LogP contribution in [-0.4, -0.2) is 38.1 Å². The van der Waals surface area contributed by atoms with Crippen molar-refractivity contribution in [3.05, 3.63) is 54.1 Å². The van der Waals surface area contributed by atoms with Gasteiger partial charge < -0.3 is 10.6 Å². The smallest absolute Gasteiger partial charge is 0.243 e. The topological polar surface area (TPSA) is 119 Å². The van der Waals surface area contributed by atoms with Gasteiger partial charge in [-0.05, 0) is 42.5 Å². The second-order valence-electron chi connectivity index (χ2n) is 5.71. The Morgan fingerprint density at radius 2 is 1.74 bits per heavy atom. The van der Waals surface area contributed by atoms with Crippen molar-refractivity contribution in [2.45, 2.75) is 11.8 Å². The number of carbonyl (C=O) groups excluding carboxylic acids is 2. The Hall–Kier alpha value is -3.22. The first-order valence-corrected chi connectivity index (χ1v) is 9.30. The Labute approximate surface area is 157 Å². The van der Waals surface area contributed by atoms with Gasteiger partial charge in [-0.1, -0.05) is 6.07 Å². The molecule has 0 heterocycles. The van der Waals surface area contributed by atoms with Crippen LogP contribution in [0.15, 0.2) is 53.4 Å². The van der Waals surface area contributed by atoms with Crippen molar-refractivity contribution in [3.8, 4) is 6.07 Å². The summed E-state index contributed by atoms with van der Waals surface area (Å²) < 4.78 is 26.1. The summed E-state index contributed by atoms with van der Waals surface area (Å²) in [5, 5.41) is 14.0. The van der Waals surface area contributed by atoms with Gasteiger partial charge in [0.2, 0.25) is 21.8 Å². The van der Waals surface area contributed by atoms with Crippen LogP contribution < -0.4 is 10.6 Å². The van der Waals surface area contributed by atoms with E-state index in [0.29, 0.717) is 16.9 Å². The van der Waals surface area contributed by atoms with Crippen LogP contribution in [0.3, 0.4) is 0 Å². The Morgan fingerprint density at radius 3 is 2.33 bits per heavy atom. The first-order chi connectivity index (χ1) is 12.7. The molecular formula is C18H18N4O4S. The lowest BCUT2D eigenvalue weighted by Crippen LogP contribution is -2.35. The summed E-state index contributed by atoms with van der Waals surface area (Å²) in [5.74, 6) is -0.800. The van der Waals surface area contributed by atoms with Crippen LogP contribution in [0.2, 0.25) is 0 Å². The largest absolute Gasteiger partial charge is 0.326 e. The zero-order chi connectivity index (χ0) is 20.0. The van der Waals surface area contributed by atoms with E-state index >= 15 is 0 Å². The minimum Gasteiger partial charge on any atom is -0.326 e. The quantitative estimate of drug-likeness (QED) is 0.784. The summed E-state index contributed by atoms with van der Waals surface area (Å²) in [5.41, 5.74) is 1.26. The monoisotopic (exact) mass is 386 g/mol. The predicted molar refractivity (Wildman–Crippen MR) is 100 cm³/mol. The highest BCUT2D eigenvalue weighted by atomic mass is 32.2. The molecule has 0 atom stereocenters. The van der Waals surface area contributed by atoms with Crippen LogP contribution in [0.5, 0.6) is 0 Å². The van der Waals surface area contributed by atoms with Crippen LogP contribution in [0.25, 0.3) is 0 Å². The molecule has 140 valence electrons. The molecule has 0 saturated carbocycles. The van der Waals surface area contributed by atoms with E-state index in [1.54, 1.807) is 18.2 Å². The molecule has 0 aliphatic carbocycles. The lowest BCUT2D eigenvalue weighted by molar-refractivity contribution is -0.116. The van der Waals surface area contributed by atoms with Crippen molar-refractivity contribution in [1.82, 2.24) is 4.31 Å². The molecule has 8 nitrogen and oxygen atoms in total. The number of amides is 2. The summed E-state index contributed by atoms with van der Waals surface area (Å²) in [6.07, 6.45) is 0. The number of hydrogen-bond acceptors (Lipinski definition) is 5. The number of rotatable bonds is 6. The fourth-order valence-corrected chi connectivity index (χ4v) is 3.37. The number of hydrogen-bond donors (Lipinski definition) is 2. The number of nitrogens with one attached hydrogen (secondary N) is 2. The Morgan fingerprint density at radius 1 is 1.07 bits per heavy atom. The molecular weight excluding hydrogens is 368 g/mol. The summed E-state index contributed by atoms with van der Waals surface area (Å²) in [6.45, 7) is 0.954. The zero-order valence-electron chi connectivity index (χ0n) is 14.8. The number of carbonyl (C=O) groups is 2. The highest BCUT2D eigenvalue weighted by Gasteiger charge is 2.23. The zero-order valence-corrected chi connectivity index (χ0v) is 15.6. The maximum Gasteiger partial charge on any atom is 0.243 e. The van der Waals surface area contributed by atoms with Crippen LogP contribution in [0.1, 0.15) is 12.5 Å². The molecule has 0 saturated heterocycles. The molecule has 0 fully saturated rings. The number of benzene rings is 2. The number of sulfonamides is 1. The third kappa shape index (κ3) is 5.37. The normalized spacial score (nSPS) is 10.9. The van der Waals surface area contributed by atoms with E-state index in [2.05, 4.69) is 10.6 Å². The van der Waals surface area contributed by atoms with E-state index in [4.69, 9.17) is 5.26 Å². The minimum atomic E-state index is -3.88. The number of nitriles is 1. The van der Waals surface area contributed by atoms with E-state index < -0.39 is 22.5 Å². The number of nitrogens with zero attached hydrogens (tertiary/aromatic N) is 2. The number of anilines is 2. The average molecular weight is 386 g/mol. The first-order valence-electron chi connectivity index (χ1n) is 7.86. The summed E-state index contributed by atoms with van der Waals surface area (Å²) in [7, 11) is -2.58. The van der Waals surface area contributed by atoms with Gasteiger partial charge in [0.25, 0.3) is 0 Å². The molecule has 0 aromatic heterocycles. The second-order valence-corrected chi connectivity index (χ2v) is 7.75. The molecule has 0 radical (unpaired) electrons. The molecule has 0 aliphatic heterocycles. The van der Waals surface area contributed by atoms with Crippen molar-refractivity contribution in [3.63, 3.8) is 0 Å². The van der Waals surface area contributed by atoms with Crippen LogP contribution >= 0.6 is 0 Å². The maximum absolute atomic E-state index is 12.6. The Kier molecular flexibility index (Phi) is 6.28. The summed E-state index contributed by atoms with van der Waals surface area (Å²) in [4.78, 5) is 23.1. The van der Waals surface area contributed by atoms with Crippen molar-refractivity contribution in [1.29, 1.82) is 5.26 Å². The highest BCUT2D eigenvalue weighted by molar-refractivity contribution is 7.89. The Bertz CT molecular complexity index is 995. The van der Waals surface area contributed by atoms with Gasteiger partial charge in [-0.15, -0.1) is 0 Å². The molecule has 2 N–H and O–H groups in total. The molecule has 27 heavy (non-hydrogen) atoms. The van der Waals surface area contributed by atoms with Crippen LogP contribution in [-0.2, 0) is 19.6 Å². The third-order valence-electron chi connectivity index (χ3n) is 3.52. The van der Waals surface area contributed by atoms with Gasteiger partial charge in [-0.3, -0.25) is 9.59 Å². The molecule has 2 amide bonds. The molecule has 2 rings (SSSR count). The first kappa shape index (κ1) is 20.1. The molecule has 9 heteroatoms. The van der Waals surface area contributed by atoms with Crippen molar-refractivity contribution in [2.24, 2.45) is 0 Å². The van der Waals surface area contributed by atoms with E-state index in [0.717, 1.165) is 4.31 Å². The standard InChI is InChI=1S/C18H18N4O4S/c1-13(23)20-15-6-8-17(9-7-15)27(25,26)22(2)12-18(24)21-16-5-3-4-14(10-16)11-19/h3-10H,12H2,1-2H3,(H,20,23)(H,21,24). The molecule has 2 aromatic rings. The van der Waals surface area contributed by atoms with Gasteiger partial charge in [0.05, 0.1) is 23.1 Å². The predicted octanol–water partition coefficient (Wildman–Crippen LogP) is 1.78. The van der Waals surface area contributed by atoms with E-state index in [9.17, 15) is 18.0 Å². The summed E-state index contributed by atoms with van der Waals surface area (Å²) in [6, 6.07) is 13.9. The molecule has 0 unspecified atom stereocenters. The van der Waals surface area contributed by atoms with Gasteiger partial charge >= 0.3 is 0 Å². The van der Waals surface area contributed by atoms with Gasteiger partial charge in [-0.2, -0.15) is 9.57 Å². The van der Waals surface area contributed by atoms with E-state index in [-0.39, 0.29) is 10.8 Å². The van der Waals surface area contributed by atoms with Crippen LogP contribution in [0.4, 0.5) is 11.4 Å². The minimum absolute atomic E-state index is 0.00150. The highest BCUT2D eigenvalue weighted by Crippen LogP contribution is 2.18. The van der Waals surface area contributed by atoms with Gasteiger partial charge in [0.1, 0.15) is 0 Å². The lowest BCUT2D eigenvalue weighted by atomic mass is 10.2. The SMILES string of the molecule is CC(=O)Nc1ccc(S(=O)(=O)N(C)CC(=O)Nc2cccc(C#N)c2)cc1.